The first kappa shape index (κ1) is 23.8. The van der Waals surface area contributed by atoms with Crippen LogP contribution in [0.25, 0.3) is 0 Å². The quantitative estimate of drug-likeness (QED) is 0.603. The predicted molar refractivity (Wildman–Crippen MR) is 113 cm³/mol. The van der Waals surface area contributed by atoms with Gasteiger partial charge in [-0.05, 0) is 49.6 Å². The zero-order valence-corrected chi connectivity index (χ0v) is 18.3. The summed E-state index contributed by atoms with van der Waals surface area (Å²) in [5, 5.41) is 2.80. The lowest BCUT2D eigenvalue weighted by Crippen LogP contribution is -2.42. The van der Waals surface area contributed by atoms with Crippen molar-refractivity contribution in [1.82, 2.24) is 9.62 Å². The highest BCUT2D eigenvalue weighted by Gasteiger charge is 2.32. The molecule has 0 aromatic heterocycles. The maximum Gasteiger partial charge on any atom is 0.387 e. The Morgan fingerprint density at radius 1 is 1.06 bits per heavy atom. The Hall–Kier alpha value is -2.85. The minimum absolute atomic E-state index is 0.0413. The van der Waals surface area contributed by atoms with Gasteiger partial charge < -0.3 is 10.1 Å². The summed E-state index contributed by atoms with van der Waals surface area (Å²) in [6, 6.07) is 11.8. The van der Waals surface area contributed by atoms with Crippen LogP contribution in [-0.4, -0.2) is 44.1 Å². The van der Waals surface area contributed by atoms with E-state index in [-0.39, 0.29) is 47.9 Å². The largest absolute Gasteiger partial charge is 0.435 e. The van der Waals surface area contributed by atoms with Crippen molar-refractivity contribution < 1.29 is 31.5 Å². The standard InChI is InChI=1S/C22H24F2N2O5S/c1-15(27)17-4-8-20(9-5-17)32(29,30)26-12-10-18(11-13-26)21(28)25-14-16-2-6-19(7-3-16)31-22(23)24/h2-9,18,22H,10-14H2,1H3,(H,25,28). The molecular weight excluding hydrogens is 442 g/mol. The second-order valence-electron chi connectivity index (χ2n) is 7.50. The molecule has 1 fully saturated rings. The van der Waals surface area contributed by atoms with Crippen LogP contribution in [0.2, 0.25) is 0 Å². The van der Waals surface area contributed by atoms with Crippen molar-refractivity contribution in [2.24, 2.45) is 5.92 Å². The highest BCUT2D eigenvalue weighted by atomic mass is 32.2. The summed E-state index contributed by atoms with van der Waals surface area (Å²) in [7, 11) is -3.70. The number of rotatable bonds is 8. The third kappa shape index (κ3) is 5.89. The SMILES string of the molecule is CC(=O)c1ccc(S(=O)(=O)N2CCC(C(=O)NCc3ccc(OC(F)F)cc3)CC2)cc1. The molecule has 1 amide bonds. The molecule has 1 aliphatic rings. The van der Waals surface area contributed by atoms with E-state index in [1.165, 1.54) is 47.6 Å². The van der Waals surface area contributed by atoms with Crippen LogP contribution < -0.4 is 10.1 Å². The van der Waals surface area contributed by atoms with Crippen LogP contribution in [0.5, 0.6) is 5.75 Å². The fourth-order valence-corrected chi connectivity index (χ4v) is 4.96. The molecule has 0 radical (unpaired) electrons. The Bertz CT molecular complexity index is 1050. The van der Waals surface area contributed by atoms with E-state index in [1.54, 1.807) is 12.1 Å². The van der Waals surface area contributed by atoms with E-state index in [1.807, 2.05) is 0 Å². The van der Waals surface area contributed by atoms with Crippen molar-refractivity contribution in [3.05, 3.63) is 59.7 Å². The van der Waals surface area contributed by atoms with E-state index < -0.39 is 16.6 Å². The molecule has 7 nitrogen and oxygen atoms in total. The fraction of sp³-hybridized carbons (Fsp3) is 0.364. The van der Waals surface area contributed by atoms with Crippen molar-refractivity contribution in [2.75, 3.05) is 13.1 Å². The number of alkyl halides is 2. The maximum atomic E-state index is 12.8. The number of piperidine rings is 1. The number of carbonyl (C=O) groups excluding carboxylic acids is 2. The summed E-state index contributed by atoms with van der Waals surface area (Å²) in [5.41, 5.74) is 1.17. The first-order valence-electron chi connectivity index (χ1n) is 10.1. The summed E-state index contributed by atoms with van der Waals surface area (Å²) in [6.45, 7) is -0.816. The second-order valence-corrected chi connectivity index (χ2v) is 9.44. The average molecular weight is 467 g/mol. The summed E-state index contributed by atoms with van der Waals surface area (Å²) in [6.07, 6.45) is 0.773. The molecule has 32 heavy (non-hydrogen) atoms. The zero-order chi connectivity index (χ0) is 23.3. The first-order valence-corrected chi connectivity index (χ1v) is 11.5. The normalized spacial score (nSPS) is 15.5. The highest BCUT2D eigenvalue weighted by Crippen LogP contribution is 2.24. The van der Waals surface area contributed by atoms with Crippen molar-refractivity contribution in [3.63, 3.8) is 0 Å². The lowest BCUT2D eigenvalue weighted by atomic mass is 9.97. The van der Waals surface area contributed by atoms with Crippen LogP contribution in [0.3, 0.4) is 0 Å². The minimum Gasteiger partial charge on any atom is -0.435 e. The molecule has 0 atom stereocenters. The van der Waals surface area contributed by atoms with Gasteiger partial charge >= 0.3 is 6.61 Å². The molecule has 0 bridgehead atoms. The number of amides is 1. The summed E-state index contributed by atoms with van der Waals surface area (Å²) >= 11 is 0. The number of carbonyl (C=O) groups is 2. The summed E-state index contributed by atoms with van der Waals surface area (Å²) in [5.74, 6) is -0.596. The lowest BCUT2D eigenvalue weighted by molar-refractivity contribution is -0.126. The van der Waals surface area contributed by atoms with Crippen molar-refractivity contribution in [2.45, 2.75) is 37.8 Å². The van der Waals surface area contributed by atoms with Gasteiger partial charge in [0.15, 0.2) is 5.78 Å². The molecule has 0 saturated carbocycles. The van der Waals surface area contributed by atoms with E-state index in [4.69, 9.17) is 0 Å². The van der Waals surface area contributed by atoms with E-state index in [2.05, 4.69) is 10.1 Å². The summed E-state index contributed by atoms with van der Waals surface area (Å²) in [4.78, 5) is 24.0. The Labute approximate surface area is 185 Å². The summed E-state index contributed by atoms with van der Waals surface area (Å²) < 4.78 is 55.7. The van der Waals surface area contributed by atoms with E-state index in [0.29, 0.717) is 18.4 Å². The van der Waals surface area contributed by atoms with Crippen LogP contribution in [0.15, 0.2) is 53.4 Å². The maximum absolute atomic E-state index is 12.8. The van der Waals surface area contributed by atoms with Crippen molar-refractivity contribution >= 4 is 21.7 Å². The lowest BCUT2D eigenvalue weighted by Gasteiger charge is -2.30. The van der Waals surface area contributed by atoms with Gasteiger partial charge in [0, 0.05) is 31.1 Å². The monoisotopic (exact) mass is 466 g/mol. The molecule has 3 rings (SSSR count). The number of ether oxygens (including phenoxy) is 1. The molecule has 172 valence electrons. The van der Waals surface area contributed by atoms with Gasteiger partial charge in [-0.2, -0.15) is 13.1 Å². The molecule has 0 spiro atoms. The van der Waals surface area contributed by atoms with Crippen molar-refractivity contribution in [1.29, 1.82) is 0 Å². The number of hydrogen-bond acceptors (Lipinski definition) is 5. The molecule has 2 aromatic carbocycles. The van der Waals surface area contributed by atoms with E-state index in [0.717, 1.165) is 5.56 Å². The third-order valence-corrected chi connectivity index (χ3v) is 7.25. The van der Waals surface area contributed by atoms with Gasteiger partial charge in [0.25, 0.3) is 0 Å². The van der Waals surface area contributed by atoms with Gasteiger partial charge in [-0.3, -0.25) is 9.59 Å². The van der Waals surface area contributed by atoms with Gasteiger partial charge in [0.2, 0.25) is 15.9 Å². The number of benzene rings is 2. The smallest absolute Gasteiger partial charge is 0.387 e. The van der Waals surface area contributed by atoms with Crippen LogP contribution in [0.1, 0.15) is 35.7 Å². The first-order chi connectivity index (χ1) is 15.2. The minimum atomic E-state index is -3.70. The molecular formula is C22H24F2N2O5S. The molecule has 10 heteroatoms. The molecule has 2 aromatic rings. The number of hydrogen-bond donors (Lipinski definition) is 1. The molecule has 0 unspecified atom stereocenters. The number of ketones is 1. The molecule has 1 saturated heterocycles. The molecule has 1 N–H and O–H groups in total. The number of halogens is 2. The highest BCUT2D eigenvalue weighted by molar-refractivity contribution is 7.89. The number of sulfonamides is 1. The Balaban J connectivity index is 1.51. The van der Waals surface area contributed by atoms with Crippen LogP contribution in [-0.2, 0) is 21.4 Å². The fourth-order valence-electron chi connectivity index (χ4n) is 3.49. The van der Waals surface area contributed by atoms with Crippen molar-refractivity contribution in [3.8, 4) is 5.75 Å². The number of nitrogens with one attached hydrogen (secondary N) is 1. The molecule has 1 heterocycles. The number of nitrogens with zero attached hydrogens (tertiary/aromatic N) is 1. The topological polar surface area (TPSA) is 92.8 Å². The second kappa shape index (κ2) is 10.2. The van der Waals surface area contributed by atoms with Crippen LogP contribution >= 0.6 is 0 Å². The van der Waals surface area contributed by atoms with E-state index >= 15 is 0 Å². The average Bonchev–Trinajstić information content (AvgIpc) is 2.78. The van der Waals surface area contributed by atoms with Gasteiger partial charge in [-0.25, -0.2) is 8.42 Å². The van der Waals surface area contributed by atoms with Gasteiger partial charge in [0.1, 0.15) is 5.75 Å². The van der Waals surface area contributed by atoms with Gasteiger partial charge in [-0.1, -0.05) is 24.3 Å². The molecule has 0 aliphatic carbocycles. The van der Waals surface area contributed by atoms with Crippen LogP contribution in [0, 0.1) is 5.92 Å². The van der Waals surface area contributed by atoms with Gasteiger partial charge in [-0.15, -0.1) is 0 Å². The van der Waals surface area contributed by atoms with E-state index in [9.17, 15) is 26.8 Å². The zero-order valence-electron chi connectivity index (χ0n) is 17.5. The Morgan fingerprint density at radius 2 is 1.66 bits per heavy atom. The number of Topliss-reactive ketones (excluding diaryl/α,β-unsaturated/α-hetero) is 1. The third-order valence-electron chi connectivity index (χ3n) is 5.34. The molecule has 1 aliphatic heterocycles. The Kier molecular flexibility index (Phi) is 7.57. The Morgan fingerprint density at radius 3 is 2.19 bits per heavy atom. The predicted octanol–water partition coefficient (Wildman–Crippen LogP) is 3.21. The van der Waals surface area contributed by atoms with Gasteiger partial charge in [0.05, 0.1) is 4.90 Å². The van der Waals surface area contributed by atoms with Crippen LogP contribution in [0.4, 0.5) is 8.78 Å².